The van der Waals surface area contributed by atoms with E-state index in [1.807, 2.05) is 0 Å². The van der Waals surface area contributed by atoms with Crippen molar-refractivity contribution in [2.45, 2.75) is 10.1 Å². The summed E-state index contributed by atoms with van der Waals surface area (Å²) in [7, 11) is 2.63. The molecule has 0 aliphatic rings. The summed E-state index contributed by atoms with van der Waals surface area (Å²) in [6, 6.07) is 1.71. The van der Waals surface area contributed by atoms with Crippen LogP contribution in [0.5, 0.6) is 0 Å². The molecule has 0 N–H and O–H groups in total. The summed E-state index contributed by atoms with van der Waals surface area (Å²) < 4.78 is 19.4. The van der Waals surface area contributed by atoms with Crippen molar-refractivity contribution in [3.63, 3.8) is 0 Å². The summed E-state index contributed by atoms with van der Waals surface area (Å²) in [5, 5.41) is 21.9. The minimum absolute atomic E-state index is 0.0275. The fourth-order valence-electron chi connectivity index (χ4n) is 1.44. The number of nitro groups is 1. The molecule has 1 aromatic carbocycles. The van der Waals surface area contributed by atoms with Gasteiger partial charge < -0.3 is 4.74 Å². The van der Waals surface area contributed by atoms with E-state index in [1.165, 1.54) is 4.68 Å². The van der Waals surface area contributed by atoms with Crippen LogP contribution in [0.15, 0.2) is 22.2 Å². The van der Waals surface area contributed by atoms with Crippen molar-refractivity contribution in [3.05, 3.63) is 33.6 Å². The molecule has 2 aromatic rings. The van der Waals surface area contributed by atoms with Crippen LogP contribution in [0.25, 0.3) is 0 Å². The molecule has 0 bridgehead atoms. The van der Waals surface area contributed by atoms with Crippen molar-refractivity contribution in [3.8, 4) is 0 Å². The lowest BCUT2D eigenvalue weighted by molar-refractivity contribution is -0.387. The van der Waals surface area contributed by atoms with Gasteiger partial charge in [-0.25, -0.2) is 13.9 Å². The van der Waals surface area contributed by atoms with E-state index in [0.717, 1.165) is 24.9 Å². The van der Waals surface area contributed by atoms with Gasteiger partial charge in [-0.2, -0.15) is 0 Å². The van der Waals surface area contributed by atoms with E-state index < -0.39 is 28.0 Å². The monoisotopic (exact) mass is 313 g/mol. The Balaban J connectivity index is 2.53. The van der Waals surface area contributed by atoms with Crippen molar-refractivity contribution in [2.24, 2.45) is 7.05 Å². The number of hydrogen-bond acceptors (Lipinski definition) is 8. The molecular weight excluding hydrogens is 305 g/mol. The van der Waals surface area contributed by atoms with Crippen molar-refractivity contribution in [1.82, 2.24) is 20.2 Å². The van der Waals surface area contributed by atoms with Gasteiger partial charge in [-0.05, 0) is 28.3 Å². The molecule has 0 radical (unpaired) electrons. The quantitative estimate of drug-likeness (QED) is 0.470. The van der Waals surface area contributed by atoms with E-state index in [1.54, 1.807) is 7.05 Å². The predicted octanol–water partition coefficient (Wildman–Crippen LogP) is 1.20. The number of carbonyl (C=O) groups is 1. The number of halogens is 1. The Kier molecular flexibility index (Phi) is 4.12. The molecule has 0 aliphatic heterocycles. The molecule has 0 aliphatic carbocycles. The maximum Gasteiger partial charge on any atom is 0.340 e. The van der Waals surface area contributed by atoms with Crippen molar-refractivity contribution < 1.29 is 18.8 Å². The van der Waals surface area contributed by atoms with Crippen molar-refractivity contribution in [2.75, 3.05) is 7.11 Å². The summed E-state index contributed by atoms with van der Waals surface area (Å²) in [5.74, 6) is -1.96. The van der Waals surface area contributed by atoms with Crippen LogP contribution in [-0.4, -0.2) is 38.2 Å². The van der Waals surface area contributed by atoms with Crippen LogP contribution in [0.3, 0.4) is 0 Å². The number of nitro benzene ring substituents is 1. The standard InChI is InChI=1S/C10H8FN5O4S/c1-15-10(12-13-14-15)21-8-3-5(9(17)20-2)6(11)4-7(8)16(18)19/h3-4H,1-2H3. The van der Waals surface area contributed by atoms with Gasteiger partial charge in [0.25, 0.3) is 5.69 Å². The van der Waals surface area contributed by atoms with E-state index >= 15 is 0 Å². The smallest absolute Gasteiger partial charge is 0.340 e. The number of tetrazole rings is 1. The Hall–Kier alpha value is -2.56. The number of esters is 1. The zero-order chi connectivity index (χ0) is 15.6. The second-order valence-corrected chi connectivity index (χ2v) is 4.74. The highest BCUT2D eigenvalue weighted by Crippen LogP contribution is 2.35. The number of benzene rings is 1. The number of aromatic nitrogens is 4. The SMILES string of the molecule is COC(=O)c1cc(Sc2nnnn2C)c([N+](=O)[O-])cc1F. The first kappa shape index (κ1) is 14.8. The third-order valence-electron chi connectivity index (χ3n) is 2.43. The first-order chi connectivity index (χ1) is 9.93. The van der Waals surface area contributed by atoms with E-state index in [4.69, 9.17) is 0 Å². The zero-order valence-corrected chi connectivity index (χ0v) is 11.6. The van der Waals surface area contributed by atoms with Gasteiger partial charge in [-0.15, -0.1) is 5.10 Å². The molecule has 1 heterocycles. The molecule has 2 rings (SSSR count). The molecule has 0 atom stereocenters. The van der Waals surface area contributed by atoms with Crippen molar-refractivity contribution >= 4 is 23.4 Å². The van der Waals surface area contributed by atoms with Crippen LogP contribution in [-0.2, 0) is 11.8 Å². The van der Waals surface area contributed by atoms with Gasteiger partial charge in [0.05, 0.1) is 28.6 Å². The van der Waals surface area contributed by atoms with E-state index in [2.05, 4.69) is 20.3 Å². The molecule has 21 heavy (non-hydrogen) atoms. The Labute approximate surface area is 121 Å². The molecule has 0 amide bonds. The largest absolute Gasteiger partial charge is 0.465 e. The zero-order valence-electron chi connectivity index (χ0n) is 10.8. The van der Waals surface area contributed by atoms with Gasteiger partial charge >= 0.3 is 5.97 Å². The first-order valence-electron chi connectivity index (χ1n) is 5.40. The van der Waals surface area contributed by atoms with E-state index in [0.29, 0.717) is 6.07 Å². The number of hydrogen-bond donors (Lipinski definition) is 0. The number of aryl methyl sites for hydroxylation is 1. The van der Waals surface area contributed by atoms with Gasteiger partial charge in [0.2, 0.25) is 5.16 Å². The van der Waals surface area contributed by atoms with Crippen LogP contribution in [0, 0.1) is 15.9 Å². The van der Waals surface area contributed by atoms with Gasteiger partial charge in [0.15, 0.2) is 0 Å². The highest BCUT2D eigenvalue weighted by atomic mass is 32.2. The summed E-state index contributed by atoms with van der Waals surface area (Å²) >= 11 is 0.837. The minimum Gasteiger partial charge on any atom is -0.465 e. The fraction of sp³-hybridized carbons (Fsp3) is 0.200. The fourth-order valence-corrected chi connectivity index (χ4v) is 2.30. The van der Waals surface area contributed by atoms with E-state index in [9.17, 15) is 19.3 Å². The summed E-state index contributed by atoms with van der Waals surface area (Å²) in [6.45, 7) is 0. The topological polar surface area (TPSA) is 113 Å². The number of ether oxygens (including phenoxy) is 1. The van der Waals surface area contributed by atoms with Crippen LogP contribution in [0.4, 0.5) is 10.1 Å². The molecule has 1 aromatic heterocycles. The molecule has 11 heteroatoms. The Morgan fingerprint density at radius 3 is 2.76 bits per heavy atom. The predicted molar refractivity (Wildman–Crippen MR) is 67.3 cm³/mol. The number of rotatable bonds is 4. The van der Waals surface area contributed by atoms with E-state index in [-0.39, 0.29) is 10.1 Å². The van der Waals surface area contributed by atoms with Gasteiger partial charge in [0.1, 0.15) is 5.82 Å². The van der Waals surface area contributed by atoms with Crippen molar-refractivity contribution in [1.29, 1.82) is 0 Å². The van der Waals surface area contributed by atoms with Crippen LogP contribution < -0.4 is 0 Å². The van der Waals surface area contributed by atoms with Gasteiger partial charge in [-0.3, -0.25) is 10.1 Å². The van der Waals surface area contributed by atoms with Gasteiger partial charge in [-0.1, -0.05) is 0 Å². The molecule has 9 nitrogen and oxygen atoms in total. The molecular formula is C10H8FN5O4S. The number of nitrogens with zero attached hydrogens (tertiary/aromatic N) is 5. The van der Waals surface area contributed by atoms with Crippen LogP contribution >= 0.6 is 11.8 Å². The number of methoxy groups -OCH3 is 1. The summed E-state index contributed by atoms with van der Waals surface area (Å²) in [6.07, 6.45) is 0. The third-order valence-corrected chi connectivity index (χ3v) is 3.51. The Morgan fingerprint density at radius 2 is 2.24 bits per heavy atom. The molecule has 110 valence electrons. The molecule has 0 fully saturated rings. The maximum atomic E-state index is 13.7. The Morgan fingerprint density at radius 1 is 1.52 bits per heavy atom. The minimum atomic E-state index is -1.03. The summed E-state index contributed by atoms with van der Waals surface area (Å²) in [5.41, 5.74) is -0.895. The lowest BCUT2D eigenvalue weighted by Gasteiger charge is -2.05. The maximum absolute atomic E-state index is 13.7. The molecule has 0 saturated heterocycles. The molecule has 0 saturated carbocycles. The third kappa shape index (κ3) is 2.97. The first-order valence-corrected chi connectivity index (χ1v) is 6.22. The lowest BCUT2D eigenvalue weighted by atomic mass is 10.2. The highest BCUT2D eigenvalue weighted by Gasteiger charge is 2.24. The highest BCUT2D eigenvalue weighted by molar-refractivity contribution is 7.99. The van der Waals surface area contributed by atoms with Crippen LogP contribution in [0.1, 0.15) is 10.4 Å². The second-order valence-electron chi connectivity index (χ2n) is 3.74. The average Bonchev–Trinajstić information content (AvgIpc) is 2.84. The Bertz CT molecular complexity index is 719. The summed E-state index contributed by atoms with van der Waals surface area (Å²) in [4.78, 5) is 21.7. The van der Waals surface area contributed by atoms with Crippen LogP contribution in [0.2, 0.25) is 0 Å². The second kappa shape index (κ2) is 5.83. The van der Waals surface area contributed by atoms with Gasteiger partial charge in [0, 0.05) is 7.05 Å². The normalized spacial score (nSPS) is 10.4. The lowest BCUT2D eigenvalue weighted by Crippen LogP contribution is -2.06. The number of carbonyl (C=O) groups excluding carboxylic acids is 1. The average molecular weight is 313 g/mol. The molecule has 0 unspecified atom stereocenters. The molecule has 0 spiro atoms.